The molecule has 232 valence electrons. The number of carbonyl (C=O) groups is 3. The van der Waals surface area contributed by atoms with E-state index in [1.54, 1.807) is 18.2 Å². The molecule has 0 spiro atoms. The molecule has 0 bridgehead atoms. The topological polar surface area (TPSA) is 119 Å². The normalized spacial score (nSPS) is 17.7. The highest BCUT2D eigenvalue weighted by molar-refractivity contribution is 5.93. The van der Waals surface area contributed by atoms with Crippen LogP contribution in [0.1, 0.15) is 66.6 Å². The van der Waals surface area contributed by atoms with Crippen molar-refractivity contribution in [2.75, 3.05) is 13.1 Å². The highest BCUT2D eigenvalue weighted by atomic mass is 16.5. The molecule has 3 heterocycles. The van der Waals surface area contributed by atoms with Crippen molar-refractivity contribution in [1.82, 2.24) is 20.0 Å². The third kappa shape index (κ3) is 7.37. The standard InChI is InChI=1S/C29H26N4O3.C7H11NO.H2/c1-19-7-14-26(32-31-19)21-10-12-25(13-11-21)36-27-15-22(29(30)35)8-9-23(27)17-33-18-24(16-28(33)34)20-5-3-2-4-6-20;9-7-2-1-5-8(7)6-3-4-6;/h2-15,24H,16-18H2,1H3,(H2,30,35);6H,1-5H2;1H/t24-;;/m1../s1. The van der Waals surface area contributed by atoms with Gasteiger partial charge in [0.2, 0.25) is 17.7 Å². The number of aromatic nitrogens is 2. The summed E-state index contributed by atoms with van der Waals surface area (Å²) < 4.78 is 6.19. The molecular formula is C36H39N5O4. The van der Waals surface area contributed by atoms with Gasteiger partial charge in [0.15, 0.2) is 0 Å². The van der Waals surface area contributed by atoms with E-state index in [4.69, 9.17) is 10.5 Å². The maximum Gasteiger partial charge on any atom is 0.248 e. The second-order valence-electron chi connectivity index (χ2n) is 11.9. The number of carbonyl (C=O) groups excluding carboxylic acids is 3. The van der Waals surface area contributed by atoms with E-state index in [0.717, 1.165) is 47.5 Å². The molecule has 3 aliphatic rings. The Balaban J connectivity index is 0.000000356. The predicted molar refractivity (Wildman–Crippen MR) is 173 cm³/mol. The van der Waals surface area contributed by atoms with E-state index in [-0.39, 0.29) is 13.3 Å². The Morgan fingerprint density at radius 2 is 1.73 bits per heavy atom. The van der Waals surface area contributed by atoms with Crippen LogP contribution in [0.4, 0.5) is 0 Å². The summed E-state index contributed by atoms with van der Waals surface area (Å²) in [5, 5.41) is 8.33. The van der Waals surface area contributed by atoms with Gasteiger partial charge >= 0.3 is 0 Å². The number of rotatable bonds is 8. The highest BCUT2D eigenvalue weighted by Crippen LogP contribution is 2.33. The lowest BCUT2D eigenvalue weighted by Gasteiger charge is -2.20. The van der Waals surface area contributed by atoms with Gasteiger partial charge in [-0.05, 0) is 80.3 Å². The van der Waals surface area contributed by atoms with E-state index in [1.807, 2.05) is 71.3 Å². The minimum atomic E-state index is -0.541. The van der Waals surface area contributed by atoms with Crippen LogP contribution in [0.2, 0.25) is 0 Å². The van der Waals surface area contributed by atoms with Gasteiger partial charge in [0.25, 0.3) is 0 Å². The zero-order valence-electron chi connectivity index (χ0n) is 25.4. The molecule has 7 rings (SSSR count). The molecular weight excluding hydrogens is 566 g/mol. The van der Waals surface area contributed by atoms with E-state index >= 15 is 0 Å². The zero-order valence-corrected chi connectivity index (χ0v) is 25.4. The molecule has 2 saturated heterocycles. The highest BCUT2D eigenvalue weighted by Gasteiger charge is 2.34. The Kier molecular flexibility index (Phi) is 8.86. The van der Waals surface area contributed by atoms with Crippen molar-refractivity contribution in [2.24, 2.45) is 5.73 Å². The molecule has 1 saturated carbocycles. The Hall–Kier alpha value is -5.05. The van der Waals surface area contributed by atoms with Crippen LogP contribution in [0.3, 0.4) is 0 Å². The Labute approximate surface area is 264 Å². The molecule has 45 heavy (non-hydrogen) atoms. The SMILES string of the molecule is Cc1ccc(-c2ccc(Oc3cc(C(N)=O)ccc3CN3C[C@H](c4ccccc4)CC3=O)cc2)nn1.O=C1CCCN1C1CC1.[HH]. The average Bonchev–Trinajstić information content (AvgIpc) is 3.70. The first kappa shape index (κ1) is 30.0. The number of likely N-dealkylation sites (tertiary alicyclic amines) is 2. The number of hydrogen-bond acceptors (Lipinski definition) is 6. The van der Waals surface area contributed by atoms with Gasteiger partial charge in [-0.2, -0.15) is 10.2 Å². The van der Waals surface area contributed by atoms with E-state index < -0.39 is 5.91 Å². The van der Waals surface area contributed by atoms with Crippen molar-refractivity contribution in [1.29, 1.82) is 0 Å². The van der Waals surface area contributed by atoms with Gasteiger partial charge in [-0.3, -0.25) is 14.4 Å². The first-order valence-electron chi connectivity index (χ1n) is 15.5. The summed E-state index contributed by atoms with van der Waals surface area (Å²) in [6.45, 7) is 3.94. The number of amides is 3. The fourth-order valence-electron chi connectivity index (χ4n) is 5.83. The van der Waals surface area contributed by atoms with Gasteiger partial charge in [0.1, 0.15) is 11.5 Å². The molecule has 2 N–H and O–H groups in total. The fourth-order valence-corrected chi connectivity index (χ4v) is 5.83. The van der Waals surface area contributed by atoms with E-state index in [0.29, 0.717) is 48.5 Å². The molecule has 0 radical (unpaired) electrons. The molecule has 3 aromatic carbocycles. The quantitative estimate of drug-likeness (QED) is 0.268. The van der Waals surface area contributed by atoms with Crippen molar-refractivity contribution in [2.45, 2.75) is 57.5 Å². The van der Waals surface area contributed by atoms with Gasteiger partial charge in [0.05, 0.1) is 11.4 Å². The Bertz CT molecular complexity index is 1680. The van der Waals surface area contributed by atoms with Crippen LogP contribution in [-0.2, 0) is 16.1 Å². The second kappa shape index (κ2) is 13.3. The number of ether oxygens (including phenoxy) is 1. The minimum absolute atomic E-state index is 0. The van der Waals surface area contributed by atoms with Crippen LogP contribution in [0.25, 0.3) is 11.3 Å². The van der Waals surface area contributed by atoms with Gasteiger partial charge in [-0.1, -0.05) is 36.4 Å². The first-order valence-corrected chi connectivity index (χ1v) is 15.5. The monoisotopic (exact) mass is 605 g/mol. The lowest BCUT2D eigenvalue weighted by atomic mass is 9.98. The molecule has 1 atom stereocenters. The molecule has 4 aromatic rings. The summed E-state index contributed by atoms with van der Waals surface area (Å²) >= 11 is 0. The van der Waals surface area contributed by atoms with Crippen molar-refractivity contribution >= 4 is 17.7 Å². The largest absolute Gasteiger partial charge is 0.457 e. The summed E-state index contributed by atoms with van der Waals surface area (Å²) in [6.07, 6.45) is 4.88. The number of hydrogen-bond donors (Lipinski definition) is 1. The zero-order chi connectivity index (χ0) is 31.3. The third-order valence-electron chi connectivity index (χ3n) is 8.47. The van der Waals surface area contributed by atoms with Crippen LogP contribution in [0.15, 0.2) is 84.9 Å². The van der Waals surface area contributed by atoms with Crippen molar-refractivity contribution in [3.8, 4) is 22.8 Å². The summed E-state index contributed by atoms with van der Waals surface area (Å²) in [5.74, 6) is 1.18. The third-order valence-corrected chi connectivity index (χ3v) is 8.47. The van der Waals surface area contributed by atoms with Crippen molar-refractivity contribution in [3.63, 3.8) is 0 Å². The smallest absolute Gasteiger partial charge is 0.248 e. The molecule has 9 heteroatoms. The summed E-state index contributed by atoms with van der Waals surface area (Å²) in [7, 11) is 0. The van der Waals surface area contributed by atoms with Crippen LogP contribution in [0.5, 0.6) is 11.5 Å². The number of nitrogens with zero attached hydrogens (tertiary/aromatic N) is 4. The molecule has 0 unspecified atom stereocenters. The van der Waals surface area contributed by atoms with Crippen molar-refractivity contribution < 1.29 is 20.5 Å². The lowest BCUT2D eigenvalue weighted by Crippen LogP contribution is -2.26. The number of benzene rings is 3. The van der Waals surface area contributed by atoms with E-state index in [2.05, 4.69) is 22.3 Å². The van der Waals surface area contributed by atoms with Gasteiger partial charge in [0, 0.05) is 62.6 Å². The summed E-state index contributed by atoms with van der Waals surface area (Å²) in [6, 6.07) is 27.1. The first-order chi connectivity index (χ1) is 21.8. The van der Waals surface area contributed by atoms with Crippen LogP contribution >= 0.6 is 0 Å². The van der Waals surface area contributed by atoms with Crippen LogP contribution < -0.4 is 10.5 Å². The molecule has 1 aliphatic carbocycles. The van der Waals surface area contributed by atoms with Crippen LogP contribution in [-0.4, -0.2) is 56.9 Å². The van der Waals surface area contributed by atoms with Gasteiger partial charge in [-0.15, -0.1) is 0 Å². The Morgan fingerprint density at radius 1 is 0.956 bits per heavy atom. The summed E-state index contributed by atoms with van der Waals surface area (Å²) in [5.41, 5.74) is 10.4. The average molecular weight is 606 g/mol. The van der Waals surface area contributed by atoms with E-state index in [9.17, 15) is 14.4 Å². The number of nitrogens with two attached hydrogens (primary N) is 1. The maximum atomic E-state index is 12.8. The fraction of sp³-hybridized carbons (Fsp3) is 0.306. The number of primary amides is 1. The number of aryl methyl sites for hydroxylation is 1. The molecule has 3 amide bonds. The van der Waals surface area contributed by atoms with Gasteiger partial charge < -0.3 is 20.3 Å². The van der Waals surface area contributed by atoms with E-state index in [1.165, 1.54) is 12.8 Å². The van der Waals surface area contributed by atoms with Gasteiger partial charge in [-0.25, -0.2) is 0 Å². The summed E-state index contributed by atoms with van der Waals surface area (Å²) in [4.78, 5) is 39.5. The molecule has 2 aliphatic heterocycles. The molecule has 1 aromatic heterocycles. The molecule has 9 nitrogen and oxygen atoms in total. The van der Waals surface area contributed by atoms with Crippen molar-refractivity contribution in [3.05, 3.63) is 107 Å². The molecule has 3 fully saturated rings. The van der Waals surface area contributed by atoms with Crippen LogP contribution in [0, 0.1) is 6.92 Å². The Morgan fingerprint density at radius 3 is 2.38 bits per heavy atom. The minimum Gasteiger partial charge on any atom is -0.457 e. The predicted octanol–water partition coefficient (Wildman–Crippen LogP) is 5.88. The maximum absolute atomic E-state index is 12.8. The lowest BCUT2D eigenvalue weighted by molar-refractivity contribution is -0.129. The second-order valence-corrected chi connectivity index (χ2v) is 11.9.